The van der Waals surface area contributed by atoms with Crippen LogP contribution in [0.4, 0.5) is 28.9 Å². The van der Waals surface area contributed by atoms with Gasteiger partial charge in [0, 0.05) is 18.8 Å². The third-order valence-electron chi connectivity index (χ3n) is 5.08. The number of alkyl halides is 3. The number of nitrogen functional groups attached to an aromatic ring is 1. The van der Waals surface area contributed by atoms with Gasteiger partial charge < -0.3 is 16.4 Å². The van der Waals surface area contributed by atoms with Gasteiger partial charge in [-0.15, -0.1) is 0 Å². The van der Waals surface area contributed by atoms with Crippen LogP contribution >= 0.6 is 0 Å². The summed E-state index contributed by atoms with van der Waals surface area (Å²) in [6.45, 7) is 6.05. The number of pyridine rings is 1. The van der Waals surface area contributed by atoms with E-state index in [2.05, 4.69) is 20.6 Å². The third kappa shape index (κ3) is 6.94. The Balaban J connectivity index is 0.000000280. The van der Waals surface area contributed by atoms with Crippen LogP contribution in [0.5, 0.6) is 0 Å². The van der Waals surface area contributed by atoms with Crippen molar-refractivity contribution in [2.75, 3.05) is 18.1 Å². The smallest absolute Gasteiger partial charge is 0.396 e. The number of hydrogen-bond acceptors (Lipinski definition) is 4. The van der Waals surface area contributed by atoms with Crippen LogP contribution in [0.3, 0.4) is 0 Å². The number of nitrogens with one attached hydrogen (secondary N) is 2. The van der Waals surface area contributed by atoms with Crippen molar-refractivity contribution in [3.8, 4) is 0 Å². The first-order chi connectivity index (χ1) is 16.8. The molecular weight excluding hydrogens is 458 g/mol. The Labute approximate surface area is 203 Å². The average Bonchev–Trinajstić information content (AvgIpc) is 2.87. The van der Waals surface area contributed by atoms with Gasteiger partial charge in [-0.25, -0.2) is 4.39 Å². The highest BCUT2D eigenvalue weighted by Crippen LogP contribution is 2.36. The van der Waals surface area contributed by atoms with E-state index < -0.39 is 17.9 Å². The largest absolute Gasteiger partial charge is 0.416 e. The van der Waals surface area contributed by atoms with E-state index in [1.165, 1.54) is 18.2 Å². The van der Waals surface area contributed by atoms with Crippen molar-refractivity contribution >= 4 is 17.2 Å². The van der Waals surface area contributed by atoms with E-state index in [1.54, 1.807) is 37.5 Å². The lowest BCUT2D eigenvalue weighted by Crippen LogP contribution is -2.40. The molecule has 2 aromatic carbocycles. The number of nitrogens with zero attached hydrogens (tertiary/aromatic N) is 2. The predicted molar refractivity (Wildman–Crippen MR) is 134 cm³/mol. The Bertz CT molecular complexity index is 1130. The zero-order valence-electron chi connectivity index (χ0n) is 20.2. The molecule has 0 bridgehead atoms. The minimum Gasteiger partial charge on any atom is -0.396 e. The van der Waals surface area contributed by atoms with Crippen LogP contribution < -0.4 is 16.4 Å². The first-order valence-corrected chi connectivity index (χ1v) is 11.4. The fourth-order valence-electron chi connectivity index (χ4n) is 3.51. The number of hydrogen-bond donors (Lipinski definition) is 3. The highest BCUT2D eigenvalue weighted by atomic mass is 19.4. The molecule has 0 fully saturated rings. The van der Waals surface area contributed by atoms with Crippen LogP contribution in [0.25, 0.3) is 0 Å². The number of halogens is 4. The monoisotopic (exact) mass is 489 g/mol. The summed E-state index contributed by atoms with van der Waals surface area (Å²) >= 11 is 0. The lowest BCUT2D eigenvalue weighted by molar-refractivity contribution is -0.138. The highest BCUT2D eigenvalue weighted by molar-refractivity contribution is 6.03. The second-order valence-electron chi connectivity index (χ2n) is 7.34. The van der Waals surface area contributed by atoms with Gasteiger partial charge in [0.2, 0.25) is 0 Å². The lowest BCUT2D eigenvalue weighted by atomic mass is 10.0. The number of fused-ring (bicyclic) bond motifs is 1. The molecule has 35 heavy (non-hydrogen) atoms. The van der Waals surface area contributed by atoms with Crippen molar-refractivity contribution in [2.24, 2.45) is 4.99 Å². The van der Waals surface area contributed by atoms with Crippen LogP contribution in [0.15, 0.2) is 65.8 Å². The van der Waals surface area contributed by atoms with E-state index in [1.807, 2.05) is 26.8 Å². The minimum absolute atomic E-state index is 0.116. The van der Waals surface area contributed by atoms with Gasteiger partial charge in [-0.05, 0) is 36.2 Å². The molecule has 3 aromatic rings. The second kappa shape index (κ2) is 12.7. The van der Waals surface area contributed by atoms with E-state index >= 15 is 0 Å². The molecule has 2 heterocycles. The molecule has 188 valence electrons. The van der Waals surface area contributed by atoms with Crippen LogP contribution in [0, 0.1) is 5.82 Å². The third-order valence-corrected chi connectivity index (χ3v) is 5.08. The van der Waals surface area contributed by atoms with Gasteiger partial charge in [-0.2, -0.15) is 13.2 Å². The van der Waals surface area contributed by atoms with Gasteiger partial charge in [-0.1, -0.05) is 57.5 Å². The average molecular weight is 490 g/mol. The number of benzene rings is 2. The van der Waals surface area contributed by atoms with Gasteiger partial charge >= 0.3 is 6.18 Å². The Morgan fingerprint density at radius 1 is 1.00 bits per heavy atom. The molecule has 0 spiro atoms. The standard InChI is InChI=1S/C15H13F3N4.C9H12FN.C2H6/c1-19-14-12-11(7-4-8-20-12)21-13(22-14)9-5-2-3-6-10(9)15(16,17)18;1-2-4-7-5-3-6-8(10)9(7)11;1-2/h2-8,13,21H,1H3,(H,19,22);3,5-6H,2,4,11H2,1H3;1-2H3. The van der Waals surface area contributed by atoms with Crippen LogP contribution in [-0.2, 0) is 12.6 Å². The molecule has 0 radical (unpaired) electrons. The number of aromatic nitrogens is 1. The Kier molecular flexibility index (Phi) is 10.1. The van der Waals surface area contributed by atoms with Crippen molar-refractivity contribution in [1.82, 2.24) is 10.3 Å². The van der Waals surface area contributed by atoms with E-state index in [0.29, 0.717) is 22.9 Å². The fourth-order valence-corrected chi connectivity index (χ4v) is 3.51. The van der Waals surface area contributed by atoms with E-state index in [0.717, 1.165) is 24.5 Å². The number of para-hydroxylation sites is 1. The lowest BCUT2D eigenvalue weighted by Gasteiger charge is -2.31. The Morgan fingerprint density at radius 2 is 1.71 bits per heavy atom. The molecule has 0 aliphatic carbocycles. The van der Waals surface area contributed by atoms with E-state index in [-0.39, 0.29) is 11.4 Å². The van der Waals surface area contributed by atoms with Crippen molar-refractivity contribution in [2.45, 2.75) is 46.0 Å². The predicted octanol–water partition coefficient (Wildman–Crippen LogP) is 6.58. The van der Waals surface area contributed by atoms with Crippen molar-refractivity contribution in [3.05, 3.63) is 89.0 Å². The Morgan fingerprint density at radius 3 is 2.37 bits per heavy atom. The normalized spacial score (nSPS) is 15.4. The summed E-state index contributed by atoms with van der Waals surface area (Å²) in [6.07, 6.45) is -1.69. The molecule has 0 amide bonds. The quantitative estimate of drug-likeness (QED) is 0.287. The molecule has 1 aromatic heterocycles. The number of rotatable bonds is 3. The van der Waals surface area contributed by atoms with Crippen molar-refractivity contribution < 1.29 is 17.6 Å². The highest BCUT2D eigenvalue weighted by Gasteiger charge is 2.36. The van der Waals surface area contributed by atoms with E-state index in [4.69, 9.17) is 5.73 Å². The maximum absolute atomic E-state index is 13.2. The maximum Gasteiger partial charge on any atom is 0.416 e. The van der Waals surface area contributed by atoms with Crippen LogP contribution in [-0.4, -0.2) is 17.9 Å². The van der Waals surface area contributed by atoms with Gasteiger partial charge in [-0.3, -0.25) is 9.98 Å². The fraction of sp³-hybridized carbons (Fsp3) is 0.308. The number of aliphatic imine (C=N–C) groups is 1. The molecule has 1 aliphatic rings. The van der Waals surface area contributed by atoms with Gasteiger partial charge in [0.1, 0.15) is 17.7 Å². The summed E-state index contributed by atoms with van der Waals surface area (Å²) in [6, 6.07) is 13.9. The molecule has 9 heteroatoms. The molecule has 4 N–H and O–H groups in total. The molecule has 1 aliphatic heterocycles. The molecule has 4 rings (SSSR count). The van der Waals surface area contributed by atoms with Crippen LogP contribution in [0.1, 0.15) is 55.7 Å². The van der Waals surface area contributed by atoms with Gasteiger partial charge in [0.15, 0.2) is 5.84 Å². The molecule has 1 unspecified atom stereocenters. The molecule has 0 saturated carbocycles. The van der Waals surface area contributed by atoms with Gasteiger partial charge in [0.05, 0.1) is 16.9 Å². The molecule has 1 atom stereocenters. The molecular formula is C26H31F4N5. The summed E-state index contributed by atoms with van der Waals surface area (Å²) in [4.78, 5) is 8.27. The zero-order chi connectivity index (χ0) is 26.0. The number of anilines is 2. The summed E-state index contributed by atoms with van der Waals surface area (Å²) < 4.78 is 52.3. The summed E-state index contributed by atoms with van der Waals surface area (Å²) in [5.41, 5.74) is 7.37. The molecule has 5 nitrogen and oxygen atoms in total. The first kappa shape index (κ1) is 27.6. The number of nitrogens with two attached hydrogens (primary N) is 1. The Hall–Kier alpha value is -3.62. The minimum atomic E-state index is -4.42. The number of amidine groups is 1. The van der Waals surface area contributed by atoms with Crippen LogP contribution in [0.2, 0.25) is 0 Å². The van der Waals surface area contributed by atoms with E-state index in [9.17, 15) is 17.6 Å². The zero-order valence-corrected chi connectivity index (χ0v) is 20.2. The van der Waals surface area contributed by atoms with Crippen molar-refractivity contribution in [1.29, 1.82) is 0 Å². The number of aryl methyl sites for hydroxylation is 1. The van der Waals surface area contributed by atoms with Crippen molar-refractivity contribution in [3.63, 3.8) is 0 Å². The topological polar surface area (TPSA) is 75.3 Å². The SMILES string of the molecule is CC.CCCc1cccc(F)c1N.CN=C1NC(c2ccccc2C(F)(F)F)Nc2cccnc21. The van der Waals surface area contributed by atoms with Gasteiger partial charge in [0.25, 0.3) is 0 Å². The molecule has 0 saturated heterocycles. The summed E-state index contributed by atoms with van der Waals surface area (Å²) in [5.74, 6) is 0.146. The summed E-state index contributed by atoms with van der Waals surface area (Å²) in [7, 11) is 1.57. The first-order valence-electron chi connectivity index (χ1n) is 11.4. The maximum atomic E-state index is 13.2. The second-order valence-corrected chi connectivity index (χ2v) is 7.34. The summed E-state index contributed by atoms with van der Waals surface area (Å²) in [5, 5.41) is 6.00.